The SMILES string of the molecule is Cc1csc(C(=O)O)c1NS(=O)(=O)c1cccnc1. The number of sulfonamides is 1. The molecule has 100 valence electrons. The molecule has 2 aromatic rings. The van der Waals surface area contributed by atoms with Gasteiger partial charge in [-0.3, -0.25) is 9.71 Å². The lowest BCUT2D eigenvalue weighted by Crippen LogP contribution is -2.15. The number of carboxylic acids is 1. The third-order valence-corrected chi connectivity index (χ3v) is 4.77. The molecule has 0 spiro atoms. The Hall–Kier alpha value is -1.93. The highest BCUT2D eigenvalue weighted by Gasteiger charge is 2.21. The number of hydrogen-bond donors (Lipinski definition) is 2. The lowest BCUT2D eigenvalue weighted by Gasteiger charge is -2.08. The van der Waals surface area contributed by atoms with Crippen LogP contribution >= 0.6 is 11.3 Å². The molecule has 2 N–H and O–H groups in total. The normalized spacial score (nSPS) is 11.2. The molecule has 0 unspecified atom stereocenters. The maximum Gasteiger partial charge on any atom is 0.348 e. The largest absolute Gasteiger partial charge is 0.477 e. The number of aromatic nitrogens is 1. The van der Waals surface area contributed by atoms with Crippen molar-refractivity contribution in [2.45, 2.75) is 11.8 Å². The number of carboxylic acid groups (broad SMARTS) is 1. The third-order valence-electron chi connectivity index (χ3n) is 2.35. The highest BCUT2D eigenvalue weighted by molar-refractivity contribution is 7.92. The van der Waals surface area contributed by atoms with Crippen molar-refractivity contribution in [2.24, 2.45) is 0 Å². The van der Waals surface area contributed by atoms with E-state index in [1.54, 1.807) is 12.3 Å². The molecule has 0 saturated carbocycles. The van der Waals surface area contributed by atoms with Gasteiger partial charge in [0.1, 0.15) is 9.77 Å². The van der Waals surface area contributed by atoms with Crippen molar-refractivity contribution < 1.29 is 18.3 Å². The molecule has 6 nitrogen and oxygen atoms in total. The van der Waals surface area contributed by atoms with Gasteiger partial charge in [0.25, 0.3) is 10.0 Å². The van der Waals surface area contributed by atoms with Crippen LogP contribution in [0.3, 0.4) is 0 Å². The van der Waals surface area contributed by atoms with E-state index in [4.69, 9.17) is 5.11 Å². The van der Waals surface area contributed by atoms with Crippen LogP contribution in [-0.4, -0.2) is 24.5 Å². The second kappa shape index (κ2) is 4.98. The summed E-state index contributed by atoms with van der Waals surface area (Å²) in [5.41, 5.74) is 0.663. The molecule has 2 heterocycles. The summed E-state index contributed by atoms with van der Waals surface area (Å²) in [6.45, 7) is 1.64. The predicted octanol–water partition coefficient (Wildman–Crippen LogP) is 1.95. The van der Waals surface area contributed by atoms with E-state index < -0.39 is 16.0 Å². The summed E-state index contributed by atoms with van der Waals surface area (Å²) in [6, 6.07) is 2.88. The van der Waals surface area contributed by atoms with E-state index in [0.717, 1.165) is 11.3 Å². The molecule has 0 amide bonds. The fourth-order valence-electron chi connectivity index (χ4n) is 1.43. The van der Waals surface area contributed by atoms with Gasteiger partial charge in [-0.1, -0.05) is 0 Å². The van der Waals surface area contributed by atoms with Gasteiger partial charge in [0, 0.05) is 12.4 Å². The van der Waals surface area contributed by atoms with Gasteiger partial charge in [-0.15, -0.1) is 11.3 Å². The Morgan fingerprint density at radius 1 is 1.47 bits per heavy atom. The Bertz CT molecular complexity index is 708. The standard InChI is InChI=1S/C11H10N2O4S2/c1-7-6-18-10(11(14)15)9(7)13-19(16,17)8-3-2-4-12-5-8/h2-6,13H,1H3,(H,14,15). The van der Waals surface area contributed by atoms with Crippen molar-refractivity contribution in [3.63, 3.8) is 0 Å². The summed E-state index contributed by atoms with van der Waals surface area (Å²) in [6.07, 6.45) is 2.65. The number of hydrogen-bond acceptors (Lipinski definition) is 5. The first-order valence-corrected chi connectivity index (χ1v) is 7.52. The minimum atomic E-state index is -3.83. The van der Waals surface area contributed by atoms with Gasteiger partial charge in [-0.25, -0.2) is 13.2 Å². The van der Waals surface area contributed by atoms with Crippen LogP contribution in [0.25, 0.3) is 0 Å². The Morgan fingerprint density at radius 2 is 2.21 bits per heavy atom. The van der Waals surface area contributed by atoms with E-state index in [-0.39, 0.29) is 15.5 Å². The summed E-state index contributed by atoms with van der Waals surface area (Å²) in [5, 5.41) is 10.6. The molecule has 0 aliphatic carbocycles. The minimum Gasteiger partial charge on any atom is -0.477 e. The van der Waals surface area contributed by atoms with Gasteiger partial charge in [-0.2, -0.15) is 0 Å². The summed E-state index contributed by atoms with van der Waals surface area (Å²) >= 11 is 0.978. The van der Waals surface area contributed by atoms with Crippen LogP contribution in [0.1, 0.15) is 15.2 Å². The summed E-state index contributed by atoms with van der Waals surface area (Å²) in [4.78, 5) is 14.7. The van der Waals surface area contributed by atoms with E-state index >= 15 is 0 Å². The Labute approximate surface area is 113 Å². The molecule has 0 fully saturated rings. The van der Waals surface area contributed by atoms with Crippen LogP contribution in [0.5, 0.6) is 0 Å². The zero-order valence-electron chi connectivity index (χ0n) is 9.82. The summed E-state index contributed by atoms with van der Waals surface area (Å²) in [5.74, 6) is -1.16. The molecule has 0 saturated heterocycles. The number of thiophene rings is 1. The lowest BCUT2D eigenvalue weighted by molar-refractivity contribution is 0.0703. The van der Waals surface area contributed by atoms with Gasteiger partial charge < -0.3 is 5.11 Å². The number of aromatic carboxylic acids is 1. The Balaban J connectivity index is 2.42. The third kappa shape index (κ3) is 2.74. The molecule has 19 heavy (non-hydrogen) atoms. The molecular weight excluding hydrogens is 288 g/mol. The quantitative estimate of drug-likeness (QED) is 0.899. The van der Waals surface area contributed by atoms with Crippen molar-refractivity contribution >= 4 is 33.0 Å². The first kappa shape index (κ1) is 13.5. The lowest BCUT2D eigenvalue weighted by atomic mass is 10.3. The van der Waals surface area contributed by atoms with E-state index in [1.165, 1.54) is 24.5 Å². The Morgan fingerprint density at radius 3 is 2.79 bits per heavy atom. The molecule has 2 rings (SSSR count). The van der Waals surface area contributed by atoms with Crippen molar-refractivity contribution in [1.29, 1.82) is 0 Å². The van der Waals surface area contributed by atoms with Crippen molar-refractivity contribution in [1.82, 2.24) is 4.98 Å². The summed E-state index contributed by atoms with van der Waals surface area (Å²) < 4.78 is 26.5. The minimum absolute atomic E-state index is 0.0167. The zero-order valence-corrected chi connectivity index (χ0v) is 11.5. The average molecular weight is 298 g/mol. The fourth-order valence-corrected chi connectivity index (χ4v) is 3.44. The first-order valence-electron chi connectivity index (χ1n) is 5.16. The van der Waals surface area contributed by atoms with Crippen LogP contribution in [0.2, 0.25) is 0 Å². The van der Waals surface area contributed by atoms with Crippen molar-refractivity contribution in [3.05, 3.63) is 40.3 Å². The summed E-state index contributed by atoms with van der Waals surface area (Å²) in [7, 11) is -3.83. The molecule has 0 aliphatic rings. The molecule has 0 aromatic carbocycles. The molecule has 0 bridgehead atoms. The molecule has 0 atom stereocenters. The van der Waals surface area contributed by atoms with E-state index in [2.05, 4.69) is 9.71 Å². The van der Waals surface area contributed by atoms with Crippen LogP contribution < -0.4 is 4.72 Å². The molecular formula is C11H10N2O4S2. The van der Waals surface area contributed by atoms with Crippen LogP contribution in [0.15, 0.2) is 34.8 Å². The number of aryl methyl sites for hydroxylation is 1. The number of nitrogens with one attached hydrogen (secondary N) is 1. The highest BCUT2D eigenvalue weighted by Crippen LogP contribution is 2.29. The van der Waals surface area contributed by atoms with Gasteiger partial charge in [0.15, 0.2) is 0 Å². The molecule has 2 aromatic heterocycles. The molecule has 8 heteroatoms. The predicted molar refractivity (Wildman–Crippen MR) is 71.1 cm³/mol. The van der Waals surface area contributed by atoms with Crippen LogP contribution in [0.4, 0.5) is 5.69 Å². The van der Waals surface area contributed by atoms with E-state index in [9.17, 15) is 13.2 Å². The number of carbonyl (C=O) groups is 1. The van der Waals surface area contributed by atoms with E-state index in [0.29, 0.717) is 5.56 Å². The monoisotopic (exact) mass is 298 g/mol. The highest BCUT2D eigenvalue weighted by atomic mass is 32.2. The first-order chi connectivity index (χ1) is 8.92. The maximum absolute atomic E-state index is 12.1. The van der Waals surface area contributed by atoms with Gasteiger partial charge in [-0.05, 0) is 30.0 Å². The topological polar surface area (TPSA) is 96.4 Å². The second-order valence-corrected chi connectivity index (χ2v) is 6.28. The number of nitrogens with zero attached hydrogens (tertiary/aromatic N) is 1. The fraction of sp³-hybridized carbons (Fsp3) is 0.0909. The second-order valence-electron chi connectivity index (χ2n) is 3.72. The number of rotatable bonds is 4. The van der Waals surface area contributed by atoms with Gasteiger partial charge in [0.05, 0.1) is 5.69 Å². The Kier molecular flexibility index (Phi) is 3.54. The smallest absolute Gasteiger partial charge is 0.348 e. The number of anilines is 1. The van der Waals surface area contributed by atoms with E-state index in [1.807, 2.05) is 0 Å². The molecule has 0 radical (unpaired) electrons. The average Bonchev–Trinajstić information content (AvgIpc) is 2.72. The van der Waals surface area contributed by atoms with Crippen molar-refractivity contribution in [3.8, 4) is 0 Å². The zero-order chi connectivity index (χ0) is 14.0. The van der Waals surface area contributed by atoms with Crippen LogP contribution in [0, 0.1) is 6.92 Å². The van der Waals surface area contributed by atoms with Gasteiger partial charge in [0.2, 0.25) is 0 Å². The van der Waals surface area contributed by atoms with Gasteiger partial charge >= 0.3 is 5.97 Å². The van der Waals surface area contributed by atoms with Crippen LogP contribution in [-0.2, 0) is 10.0 Å². The maximum atomic E-state index is 12.1. The van der Waals surface area contributed by atoms with Crippen molar-refractivity contribution in [2.75, 3.05) is 4.72 Å². The molecule has 0 aliphatic heterocycles. The number of pyridine rings is 1.